The van der Waals surface area contributed by atoms with Crippen LogP contribution >= 0.6 is 11.3 Å². The number of hydrogen-bond donors (Lipinski definition) is 2. The fourth-order valence-electron chi connectivity index (χ4n) is 1.69. The second-order valence-electron chi connectivity index (χ2n) is 4.41. The predicted molar refractivity (Wildman–Crippen MR) is 81.2 cm³/mol. The van der Waals surface area contributed by atoms with E-state index in [0.29, 0.717) is 12.6 Å². The minimum absolute atomic E-state index is 0.255. The SMILES string of the molecule is CCNc1nc(NCCOC(C)C)c2ccsc2n1. The lowest BCUT2D eigenvalue weighted by Gasteiger charge is -2.11. The van der Waals surface area contributed by atoms with Crippen LogP contribution in [0.25, 0.3) is 10.2 Å². The summed E-state index contributed by atoms with van der Waals surface area (Å²) in [5.41, 5.74) is 0. The van der Waals surface area contributed by atoms with Gasteiger partial charge in [0.1, 0.15) is 10.6 Å². The van der Waals surface area contributed by atoms with Gasteiger partial charge in [0.15, 0.2) is 0 Å². The lowest BCUT2D eigenvalue weighted by Crippen LogP contribution is -2.14. The number of ether oxygens (including phenoxy) is 1. The van der Waals surface area contributed by atoms with Crippen molar-refractivity contribution in [3.8, 4) is 0 Å². The Hall–Kier alpha value is -1.40. The molecule has 0 saturated heterocycles. The molecule has 2 rings (SSSR count). The Morgan fingerprint density at radius 3 is 2.89 bits per heavy atom. The molecule has 0 fully saturated rings. The lowest BCUT2D eigenvalue weighted by atomic mass is 10.4. The zero-order valence-electron chi connectivity index (χ0n) is 11.6. The van der Waals surface area contributed by atoms with E-state index in [0.717, 1.165) is 29.1 Å². The molecule has 2 N–H and O–H groups in total. The molecule has 0 saturated carbocycles. The molecule has 19 heavy (non-hydrogen) atoms. The van der Waals surface area contributed by atoms with Crippen LogP contribution in [0.5, 0.6) is 0 Å². The van der Waals surface area contributed by atoms with Gasteiger partial charge in [-0.1, -0.05) is 0 Å². The van der Waals surface area contributed by atoms with Gasteiger partial charge in [-0.2, -0.15) is 4.98 Å². The minimum Gasteiger partial charge on any atom is -0.377 e. The maximum Gasteiger partial charge on any atom is 0.226 e. The summed E-state index contributed by atoms with van der Waals surface area (Å²) < 4.78 is 5.52. The fourth-order valence-corrected chi connectivity index (χ4v) is 2.46. The van der Waals surface area contributed by atoms with E-state index in [1.807, 2.05) is 32.2 Å². The van der Waals surface area contributed by atoms with E-state index in [-0.39, 0.29) is 6.10 Å². The van der Waals surface area contributed by atoms with Crippen LogP contribution in [-0.2, 0) is 4.74 Å². The molecule has 6 heteroatoms. The molecule has 0 atom stereocenters. The summed E-state index contributed by atoms with van der Waals surface area (Å²) in [6.07, 6.45) is 0.255. The first-order chi connectivity index (χ1) is 9.20. The fraction of sp³-hybridized carbons (Fsp3) is 0.538. The topological polar surface area (TPSA) is 59.1 Å². The van der Waals surface area contributed by atoms with Gasteiger partial charge in [0.2, 0.25) is 5.95 Å². The first kappa shape index (κ1) is 14.0. The zero-order chi connectivity index (χ0) is 13.7. The molecule has 2 aromatic heterocycles. The third kappa shape index (κ3) is 3.78. The number of nitrogens with zero attached hydrogens (tertiary/aromatic N) is 2. The standard InChI is InChI=1S/C13H20N4OS/c1-4-14-13-16-11(15-6-7-18-9(2)3)10-5-8-19-12(10)17-13/h5,8-9H,4,6-7H2,1-3H3,(H2,14,15,16,17). The summed E-state index contributed by atoms with van der Waals surface area (Å²) in [7, 11) is 0. The molecule has 0 aliphatic rings. The number of nitrogens with one attached hydrogen (secondary N) is 2. The van der Waals surface area contributed by atoms with E-state index < -0.39 is 0 Å². The highest BCUT2D eigenvalue weighted by atomic mass is 32.1. The van der Waals surface area contributed by atoms with E-state index in [1.165, 1.54) is 0 Å². The van der Waals surface area contributed by atoms with Gasteiger partial charge in [0, 0.05) is 13.1 Å². The molecule has 0 unspecified atom stereocenters. The Kier molecular flexibility index (Phi) is 4.93. The molecule has 0 spiro atoms. The lowest BCUT2D eigenvalue weighted by molar-refractivity contribution is 0.0870. The average Bonchev–Trinajstić information content (AvgIpc) is 2.83. The van der Waals surface area contributed by atoms with Crippen molar-refractivity contribution >= 4 is 33.3 Å². The van der Waals surface area contributed by atoms with Crippen LogP contribution < -0.4 is 10.6 Å². The van der Waals surface area contributed by atoms with E-state index in [1.54, 1.807) is 11.3 Å². The number of fused-ring (bicyclic) bond motifs is 1. The number of hydrogen-bond acceptors (Lipinski definition) is 6. The molecule has 104 valence electrons. The third-order valence-electron chi connectivity index (χ3n) is 2.51. The molecular formula is C13H20N4OS. The summed E-state index contributed by atoms with van der Waals surface area (Å²) >= 11 is 1.62. The minimum atomic E-state index is 0.255. The Labute approximate surface area is 117 Å². The Morgan fingerprint density at radius 2 is 2.16 bits per heavy atom. The second-order valence-corrected chi connectivity index (χ2v) is 5.31. The molecule has 2 aromatic rings. The van der Waals surface area contributed by atoms with Crippen LogP contribution in [-0.4, -0.2) is 35.8 Å². The molecule has 0 aliphatic carbocycles. The molecule has 0 radical (unpaired) electrons. The van der Waals surface area contributed by atoms with Crippen molar-refractivity contribution in [3.05, 3.63) is 11.4 Å². The summed E-state index contributed by atoms with van der Waals surface area (Å²) in [6.45, 7) is 8.32. The second kappa shape index (κ2) is 6.68. The number of rotatable bonds is 7. The van der Waals surface area contributed by atoms with Gasteiger partial charge in [-0.05, 0) is 32.2 Å². The zero-order valence-corrected chi connectivity index (χ0v) is 12.4. The number of thiophene rings is 1. The van der Waals surface area contributed by atoms with E-state index in [4.69, 9.17) is 4.74 Å². The predicted octanol–water partition coefficient (Wildman–Crippen LogP) is 2.96. The van der Waals surface area contributed by atoms with Gasteiger partial charge in [0.25, 0.3) is 0 Å². The maximum absolute atomic E-state index is 5.52. The number of anilines is 2. The number of aromatic nitrogens is 2. The van der Waals surface area contributed by atoms with Crippen LogP contribution in [0.4, 0.5) is 11.8 Å². The van der Waals surface area contributed by atoms with Crippen LogP contribution in [0.1, 0.15) is 20.8 Å². The molecule has 0 aliphatic heterocycles. The molecule has 0 aromatic carbocycles. The summed E-state index contributed by atoms with van der Waals surface area (Å²) in [5.74, 6) is 1.54. The van der Waals surface area contributed by atoms with E-state index in [9.17, 15) is 0 Å². The smallest absolute Gasteiger partial charge is 0.226 e. The summed E-state index contributed by atoms with van der Waals surface area (Å²) in [4.78, 5) is 9.96. The monoisotopic (exact) mass is 280 g/mol. The van der Waals surface area contributed by atoms with Crippen molar-refractivity contribution in [1.82, 2.24) is 9.97 Å². The van der Waals surface area contributed by atoms with Crippen LogP contribution in [0, 0.1) is 0 Å². The van der Waals surface area contributed by atoms with Gasteiger partial charge < -0.3 is 15.4 Å². The van der Waals surface area contributed by atoms with Crippen molar-refractivity contribution in [2.45, 2.75) is 26.9 Å². The maximum atomic E-state index is 5.52. The van der Waals surface area contributed by atoms with E-state index >= 15 is 0 Å². The largest absolute Gasteiger partial charge is 0.377 e. The van der Waals surface area contributed by atoms with Crippen molar-refractivity contribution in [2.75, 3.05) is 30.3 Å². The summed E-state index contributed by atoms with van der Waals surface area (Å²) in [6, 6.07) is 2.04. The van der Waals surface area contributed by atoms with Crippen LogP contribution in [0.15, 0.2) is 11.4 Å². The molecule has 0 amide bonds. The quantitative estimate of drug-likeness (QED) is 0.764. The first-order valence-corrected chi connectivity index (χ1v) is 7.43. The van der Waals surface area contributed by atoms with Crippen LogP contribution in [0.2, 0.25) is 0 Å². The highest BCUT2D eigenvalue weighted by Crippen LogP contribution is 2.26. The van der Waals surface area contributed by atoms with E-state index in [2.05, 4.69) is 20.6 Å². The van der Waals surface area contributed by atoms with Gasteiger partial charge in [-0.15, -0.1) is 11.3 Å². The average molecular weight is 280 g/mol. The molecule has 5 nitrogen and oxygen atoms in total. The van der Waals surface area contributed by atoms with Gasteiger partial charge in [-0.3, -0.25) is 0 Å². The van der Waals surface area contributed by atoms with Gasteiger partial charge in [-0.25, -0.2) is 4.98 Å². The van der Waals surface area contributed by atoms with Gasteiger partial charge in [0.05, 0.1) is 18.1 Å². The normalized spacial score (nSPS) is 11.2. The van der Waals surface area contributed by atoms with Gasteiger partial charge >= 0.3 is 0 Å². The Morgan fingerprint density at radius 1 is 1.32 bits per heavy atom. The third-order valence-corrected chi connectivity index (χ3v) is 3.31. The Balaban J connectivity index is 2.09. The van der Waals surface area contributed by atoms with Crippen molar-refractivity contribution in [3.63, 3.8) is 0 Å². The summed E-state index contributed by atoms with van der Waals surface area (Å²) in [5, 5.41) is 9.57. The van der Waals surface area contributed by atoms with Crippen molar-refractivity contribution in [2.24, 2.45) is 0 Å². The van der Waals surface area contributed by atoms with Crippen molar-refractivity contribution < 1.29 is 4.74 Å². The molecule has 2 heterocycles. The highest BCUT2D eigenvalue weighted by molar-refractivity contribution is 7.16. The molecular weight excluding hydrogens is 260 g/mol. The van der Waals surface area contributed by atoms with Crippen molar-refractivity contribution in [1.29, 1.82) is 0 Å². The first-order valence-electron chi connectivity index (χ1n) is 6.55. The Bertz CT molecular complexity index is 526. The highest BCUT2D eigenvalue weighted by Gasteiger charge is 2.08. The van der Waals surface area contributed by atoms with Crippen LogP contribution in [0.3, 0.4) is 0 Å². The molecule has 0 bridgehead atoms.